The highest BCUT2D eigenvalue weighted by Crippen LogP contribution is 2.41. The molecule has 2 rings (SSSR count). The summed E-state index contributed by atoms with van der Waals surface area (Å²) < 4.78 is 10.7. The highest BCUT2D eigenvalue weighted by Gasteiger charge is 2.40. The second kappa shape index (κ2) is 4.41. The minimum atomic E-state index is -0.373. The zero-order valence-corrected chi connectivity index (χ0v) is 9.90. The molecule has 0 saturated heterocycles. The Balaban J connectivity index is 2.22. The van der Waals surface area contributed by atoms with E-state index in [0.29, 0.717) is 12.4 Å². The van der Waals surface area contributed by atoms with Crippen molar-refractivity contribution in [2.45, 2.75) is 45.1 Å². The van der Waals surface area contributed by atoms with E-state index < -0.39 is 0 Å². The summed E-state index contributed by atoms with van der Waals surface area (Å²) in [5.74, 6) is 1.36. The van der Waals surface area contributed by atoms with Gasteiger partial charge >= 0.3 is 6.01 Å². The molecule has 0 atom stereocenters. The Morgan fingerprint density at radius 2 is 2.19 bits per heavy atom. The summed E-state index contributed by atoms with van der Waals surface area (Å²) >= 11 is 0. The van der Waals surface area contributed by atoms with Crippen LogP contribution >= 0.6 is 0 Å². The quantitative estimate of drug-likeness (QED) is 0.852. The summed E-state index contributed by atoms with van der Waals surface area (Å²) in [6.45, 7) is 4.91. The van der Waals surface area contributed by atoms with E-state index in [9.17, 15) is 0 Å². The lowest BCUT2D eigenvalue weighted by Crippen LogP contribution is -2.35. The summed E-state index contributed by atoms with van der Waals surface area (Å²) in [6, 6.07) is 0.118. The SMILES string of the molecule is CCOC1(c2noc(N)n2)CCC(C)CC1. The van der Waals surface area contributed by atoms with Crippen molar-refractivity contribution in [3.05, 3.63) is 5.82 Å². The first-order valence-corrected chi connectivity index (χ1v) is 5.90. The van der Waals surface area contributed by atoms with Gasteiger partial charge < -0.3 is 15.0 Å². The third kappa shape index (κ3) is 2.04. The molecule has 0 radical (unpaired) electrons. The van der Waals surface area contributed by atoms with Gasteiger partial charge in [0.05, 0.1) is 0 Å². The van der Waals surface area contributed by atoms with Crippen molar-refractivity contribution in [3.8, 4) is 0 Å². The number of hydrogen-bond donors (Lipinski definition) is 1. The number of aromatic nitrogens is 2. The fraction of sp³-hybridized carbons (Fsp3) is 0.818. The van der Waals surface area contributed by atoms with E-state index >= 15 is 0 Å². The molecule has 0 bridgehead atoms. The molecule has 0 unspecified atom stereocenters. The van der Waals surface area contributed by atoms with Crippen molar-refractivity contribution in [1.29, 1.82) is 0 Å². The van der Waals surface area contributed by atoms with Crippen molar-refractivity contribution in [2.24, 2.45) is 5.92 Å². The lowest BCUT2D eigenvalue weighted by atomic mass is 9.79. The summed E-state index contributed by atoms with van der Waals surface area (Å²) in [5.41, 5.74) is 5.10. The van der Waals surface area contributed by atoms with Gasteiger partial charge in [-0.1, -0.05) is 12.1 Å². The summed E-state index contributed by atoms with van der Waals surface area (Å²) in [4.78, 5) is 4.13. The second-order valence-electron chi connectivity index (χ2n) is 4.57. The van der Waals surface area contributed by atoms with Gasteiger partial charge in [0.2, 0.25) is 5.82 Å². The van der Waals surface area contributed by atoms with Crippen LogP contribution in [0.5, 0.6) is 0 Å². The molecule has 5 nitrogen and oxygen atoms in total. The van der Waals surface area contributed by atoms with Crippen LogP contribution in [0.1, 0.15) is 45.4 Å². The minimum Gasteiger partial charge on any atom is -0.367 e. The van der Waals surface area contributed by atoms with Crippen LogP contribution in [-0.4, -0.2) is 16.7 Å². The third-order valence-electron chi connectivity index (χ3n) is 3.35. The van der Waals surface area contributed by atoms with Crippen molar-refractivity contribution in [1.82, 2.24) is 10.1 Å². The van der Waals surface area contributed by atoms with Gasteiger partial charge in [-0.05, 0) is 38.5 Å². The number of nitrogens with two attached hydrogens (primary N) is 1. The van der Waals surface area contributed by atoms with Crippen LogP contribution in [0, 0.1) is 5.92 Å². The zero-order chi connectivity index (χ0) is 11.6. The molecular formula is C11H19N3O2. The Kier molecular flexibility index (Phi) is 3.14. The maximum Gasteiger partial charge on any atom is 0.318 e. The maximum absolute atomic E-state index is 5.88. The third-order valence-corrected chi connectivity index (χ3v) is 3.35. The summed E-state index contributed by atoms with van der Waals surface area (Å²) in [6.07, 6.45) is 4.16. The molecule has 1 aromatic rings. The standard InChI is InChI=1S/C11H19N3O2/c1-3-15-11(6-4-8(2)5-7-11)9-13-10(12)16-14-9/h8H,3-7H2,1-2H3,(H2,12,13,14). The molecule has 1 saturated carbocycles. The first-order valence-electron chi connectivity index (χ1n) is 5.90. The average molecular weight is 225 g/mol. The molecule has 90 valence electrons. The Bertz CT molecular complexity index is 343. The number of anilines is 1. The lowest BCUT2D eigenvalue weighted by Gasteiger charge is -2.36. The molecule has 1 aliphatic rings. The predicted octanol–water partition coefficient (Wildman–Crippen LogP) is 2.09. The van der Waals surface area contributed by atoms with Crippen LogP contribution in [0.4, 0.5) is 6.01 Å². The Hall–Kier alpha value is -1.10. The van der Waals surface area contributed by atoms with Gasteiger partial charge in [-0.2, -0.15) is 4.98 Å². The van der Waals surface area contributed by atoms with E-state index in [4.69, 9.17) is 15.0 Å². The molecule has 0 aliphatic heterocycles. The Labute approximate surface area is 95.3 Å². The molecule has 2 N–H and O–H groups in total. The van der Waals surface area contributed by atoms with E-state index in [2.05, 4.69) is 17.1 Å². The molecule has 0 aromatic carbocycles. The number of nitrogens with zero attached hydrogens (tertiary/aromatic N) is 2. The molecule has 1 heterocycles. The number of ether oxygens (including phenoxy) is 1. The molecule has 1 aliphatic carbocycles. The molecule has 5 heteroatoms. The normalized spacial score (nSPS) is 30.5. The first kappa shape index (κ1) is 11.4. The van der Waals surface area contributed by atoms with Crippen molar-refractivity contribution in [3.63, 3.8) is 0 Å². The van der Waals surface area contributed by atoms with Gasteiger partial charge in [0.15, 0.2) is 0 Å². The predicted molar refractivity (Wildman–Crippen MR) is 59.6 cm³/mol. The van der Waals surface area contributed by atoms with E-state index in [-0.39, 0.29) is 11.6 Å². The summed E-state index contributed by atoms with van der Waals surface area (Å²) in [7, 11) is 0. The second-order valence-corrected chi connectivity index (χ2v) is 4.57. The molecular weight excluding hydrogens is 206 g/mol. The number of nitrogen functional groups attached to an aromatic ring is 1. The van der Waals surface area contributed by atoms with E-state index in [0.717, 1.165) is 31.6 Å². The molecule has 0 spiro atoms. The van der Waals surface area contributed by atoms with Gasteiger partial charge in [0, 0.05) is 6.61 Å². The van der Waals surface area contributed by atoms with Crippen molar-refractivity contribution in [2.75, 3.05) is 12.3 Å². The molecule has 0 amide bonds. The number of hydrogen-bond acceptors (Lipinski definition) is 5. The first-order chi connectivity index (χ1) is 7.66. The monoisotopic (exact) mass is 225 g/mol. The smallest absolute Gasteiger partial charge is 0.318 e. The Morgan fingerprint density at radius 3 is 2.69 bits per heavy atom. The molecule has 1 fully saturated rings. The largest absolute Gasteiger partial charge is 0.367 e. The van der Waals surface area contributed by atoms with Crippen LogP contribution < -0.4 is 5.73 Å². The lowest BCUT2D eigenvalue weighted by molar-refractivity contribution is -0.0847. The topological polar surface area (TPSA) is 74.2 Å². The summed E-state index contributed by atoms with van der Waals surface area (Å²) in [5, 5.41) is 3.92. The zero-order valence-electron chi connectivity index (χ0n) is 9.90. The van der Waals surface area contributed by atoms with Crippen LogP contribution in [-0.2, 0) is 10.3 Å². The van der Waals surface area contributed by atoms with Gasteiger partial charge in [0.1, 0.15) is 5.60 Å². The maximum atomic E-state index is 5.88. The van der Waals surface area contributed by atoms with Crippen LogP contribution in [0.3, 0.4) is 0 Å². The van der Waals surface area contributed by atoms with Crippen LogP contribution in [0.2, 0.25) is 0 Å². The van der Waals surface area contributed by atoms with Gasteiger partial charge in [-0.25, -0.2) is 0 Å². The highest BCUT2D eigenvalue weighted by atomic mass is 16.5. The molecule has 1 aromatic heterocycles. The van der Waals surface area contributed by atoms with E-state index in [1.807, 2.05) is 6.92 Å². The van der Waals surface area contributed by atoms with Crippen molar-refractivity contribution < 1.29 is 9.26 Å². The minimum absolute atomic E-state index is 0.118. The van der Waals surface area contributed by atoms with Gasteiger partial charge in [0.25, 0.3) is 0 Å². The van der Waals surface area contributed by atoms with Gasteiger partial charge in [-0.15, -0.1) is 0 Å². The highest BCUT2D eigenvalue weighted by molar-refractivity contribution is 5.13. The fourth-order valence-electron chi connectivity index (χ4n) is 2.36. The van der Waals surface area contributed by atoms with Crippen molar-refractivity contribution >= 4 is 6.01 Å². The van der Waals surface area contributed by atoms with E-state index in [1.165, 1.54) is 0 Å². The number of rotatable bonds is 3. The van der Waals surface area contributed by atoms with Crippen LogP contribution in [0.25, 0.3) is 0 Å². The van der Waals surface area contributed by atoms with Gasteiger partial charge in [-0.3, -0.25) is 0 Å². The fourth-order valence-corrected chi connectivity index (χ4v) is 2.36. The molecule has 16 heavy (non-hydrogen) atoms. The van der Waals surface area contributed by atoms with Crippen LogP contribution in [0.15, 0.2) is 4.52 Å². The van der Waals surface area contributed by atoms with E-state index in [1.54, 1.807) is 0 Å². The Morgan fingerprint density at radius 1 is 1.50 bits per heavy atom. The average Bonchev–Trinajstić information content (AvgIpc) is 2.70.